The van der Waals surface area contributed by atoms with Gasteiger partial charge in [-0.05, 0) is 24.3 Å². The lowest BCUT2D eigenvalue weighted by molar-refractivity contribution is 0.0951. The molecular weight excluding hydrogens is 373 g/mol. The summed E-state index contributed by atoms with van der Waals surface area (Å²) in [7, 11) is 0. The molecule has 2 heterocycles. The van der Waals surface area contributed by atoms with Crippen LogP contribution < -0.4 is 5.32 Å². The molecule has 1 amide bonds. The summed E-state index contributed by atoms with van der Waals surface area (Å²) in [4.78, 5) is 13.3. The first-order chi connectivity index (χ1) is 12.6. The average Bonchev–Trinajstić information content (AvgIpc) is 3.28. The summed E-state index contributed by atoms with van der Waals surface area (Å²) in [5, 5.41) is 13.1. The van der Waals surface area contributed by atoms with Crippen LogP contribution in [0.1, 0.15) is 15.9 Å². The molecule has 7 heteroatoms. The topological polar surface area (TPSA) is 57.8 Å². The Morgan fingerprint density at radius 2 is 2.08 bits per heavy atom. The Kier molecular flexibility index (Phi) is 4.44. The largest absolute Gasteiger partial charge is 0.348 e. The van der Waals surface area contributed by atoms with Gasteiger partial charge in [0.15, 0.2) is 0 Å². The second-order valence-corrected chi connectivity index (χ2v) is 7.02. The third kappa shape index (κ3) is 3.09. The van der Waals surface area contributed by atoms with E-state index in [1.165, 1.54) is 23.5 Å². The molecule has 2 aromatic heterocycles. The van der Waals surface area contributed by atoms with Crippen LogP contribution in [-0.4, -0.2) is 16.1 Å². The van der Waals surface area contributed by atoms with E-state index < -0.39 is 5.82 Å². The van der Waals surface area contributed by atoms with Gasteiger partial charge in [0.1, 0.15) is 11.5 Å². The smallest absolute Gasteiger partial charge is 0.252 e. The number of aromatic nitrogens is 2. The molecule has 130 valence electrons. The number of rotatable bonds is 4. The van der Waals surface area contributed by atoms with E-state index in [2.05, 4.69) is 15.5 Å². The lowest BCUT2D eigenvalue weighted by Gasteiger charge is -2.07. The van der Waals surface area contributed by atoms with Gasteiger partial charge in [0, 0.05) is 27.9 Å². The first kappa shape index (κ1) is 16.8. The number of nitrogens with zero attached hydrogens (tertiary/aromatic N) is 1. The Hall–Kier alpha value is -2.70. The van der Waals surface area contributed by atoms with Crippen LogP contribution in [0.3, 0.4) is 0 Å². The minimum Gasteiger partial charge on any atom is -0.348 e. The minimum atomic E-state index is -0.438. The van der Waals surface area contributed by atoms with Gasteiger partial charge in [-0.25, -0.2) is 4.39 Å². The van der Waals surface area contributed by atoms with Gasteiger partial charge in [-0.15, -0.1) is 11.3 Å². The maximum Gasteiger partial charge on any atom is 0.252 e. The standard InChI is InChI=1S/C19H13ClFN3OS/c20-14-5-3-6-15(21)13(14)9-22-19(25)11-8-17(26-10-11)18-12-4-1-2-7-16(12)23-24-18/h1-8,10H,9H2,(H,22,25)(H,23,24). The van der Waals surface area contributed by atoms with Crippen molar-refractivity contribution in [3.8, 4) is 10.6 Å². The number of hydrogen-bond acceptors (Lipinski definition) is 3. The van der Waals surface area contributed by atoms with Gasteiger partial charge in [-0.3, -0.25) is 9.89 Å². The predicted molar refractivity (Wildman–Crippen MR) is 102 cm³/mol. The number of aromatic amines is 1. The lowest BCUT2D eigenvalue weighted by Crippen LogP contribution is -2.23. The number of carbonyl (C=O) groups excluding carboxylic acids is 1. The van der Waals surface area contributed by atoms with E-state index in [0.717, 1.165) is 21.5 Å². The summed E-state index contributed by atoms with van der Waals surface area (Å²) in [5.41, 5.74) is 2.53. The van der Waals surface area contributed by atoms with Crippen molar-refractivity contribution < 1.29 is 9.18 Å². The maximum absolute atomic E-state index is 13.8. The fourth-order valence-electron chi connectivity index (χ4n) is 2.70. The number of amides is 1. The van der Waals surface area contributed by atoms with Crippen LogP contribution in [0, 0.1) is 5.82 Å². The molecular formula is C19H13ClFN3OS. The third-order valence-corrected chi connectivity index (χ3v) is 5.34. The van der Waals surface area contributed by atoms with E-state index in [9.17, 15) is 9.18 Å². The number of para-hydroxylation sites is 1. The summed E-state index contributed by atoms with van der Waals surface area (Å²) < 4.78 is 13.8. The molecule has 0 unspecified atom stereocenters. The molecule has 2 aromatic carbocycles. The SMILES string of the molecule is O=C(NCc1c(F)cccc1Cl)c1csc(-c2n[nH]c3ccccc23)c1. The predicted octanol–water partition coefficient (Wildman–Crippen LogP) is 5.01. The van der Waals surface area contributed by atoms with Crippen LogP contribution in [0.2, 0.25) is 5.02 Å². The molecule has 0 fully saturated rings. The van der Waals surface area contributed by atoms with Crippen molar-refractivity contribution in [2.75, 3.05) is 0 Å². The monoisotopic (exact) mass is 385 g/mol. The van der Waals surface area contributed by atoms with Gasteiger partial charge in [-0.1, -0.05) is 35.9 Å². The van der Waals surface area contributed by atoms with Crippen molar-refractivity contribution >= 4 is 39.7 Å². The third-order valence-electron chi connectivity index (χ3n) is 4.05. The van der Waals surface area contributed by atoms with E-state index >= 15 is 0 Å². The molecule has 0 atom stereocenters. The fourth-order valence-corrected chi connectivity index (χ4v) is 3.82. The summed E-state index contributed by atoms with van der Waals surface area (Å²) in [6.45, 7) is 0.0286. The highest BCUT2D eigenvalue weighted by Crippen LogP contribution is 2.31. The highest BCUT2D eigenvalue weighted by atomic mass is 35.5. The van der Waals surface area contributed by atoms with Gasteiger partial charge >= 0.3 is 0 Å². The lowest BCUT2D eigenvalue weighted by atomic mass is 10.1. The van der Waals surface area contributed by atoms with Crippen LogP contribution in [0.5, 0.6) is 0 Å². The first-order valence-corrected chi connectivity index (χ1v) is 9.12. The maximum atomic E-state index is 13.8. The van der Waals surface area contributed by atoms with E-state index in [0.29, 0.717) is 10.6 Å². The van der Waals surface area contributed by atoms with Gasteiger partial charge < -0.3 is 5.32 Å². The number of hydrogen-bond donors (Lipinski definition) is 2. The molecule has 4 nitrogen and oxygen atoms in total. The zero-order valence-electron chi connectivity index (χ0n) is 13.4. The van der Waals surface area contributed by atoms with Crippen molar-refractivity contribution in [2.24, 2.45) is 0 Å². The number of thiophene rings is 1. The number of nitrogens with one attached hydrogen (secondary N) is 2. The number of carbonyl (C=O) groups is 1. The van der Waals surface area contributed by atoms with Gasteiger partial charge in [0.05, 0.1) is 16.0 Å². The van der Waals surface area contributed by atoms with Crippen LogP contribution >= 0.6 is 22.9 Å². The summed E-state index contributed by atoms with van der Waals surface area (Å²) in [6.07, 6.45) is 0. The quantitative estimate of drug-likeness (QED) is 0.518. The van der Waals surface area contributed by atoms with Crippen molar-refractivity contribution in [3.63, 3.8) is 0 Å². The Morgan fingerprint density at radius 1 is 1.23 bits per heavy atom. The molecule has 4 rings (SSSR count). The normalized spacial score (nSPS) is 11.0. The van der Waals surface area contributed by atoms with Crippen LogP contribution in [-0.2, 0) is 6.54 Å². The van der Waals surface area contributed by atoms with E-state index in [-0.39, 0.29) is 18.0 Å². The van der Waals surface area contributed by atoms with Crippen molar-refractivity contribution in [1.29, 1.82) is 0 Å². The van der Waals surface area contributed by atoms with E-state index in [1.807, 2.05) is 24.3 Å². The highest BCUT2D eigenvalue weighted by Gasteiger charge is 2.15. The molecule has 0 aliphatic heterocycles. The second-order valence-electron chi connectivity index (χ2n) is 5.70. The molecule has 0 spiro atoms. The Balaban J connectivity index is 1.53. The van der Waals surface area contributed by atoms with Crippen LogP contribution in [0.15, 0.2) is 53.9 Å². The second kappa shape index (κ2) is 6.90. The molecule has 4 aromatic rings. The minimum absolute atomic E-state index is 0.0286. The Bertz CT molecular complexity index is 1080. The van der Waals surface area contributed by atoms with Gasteiger partial charge in [-0.2, -0.15) is 5.10 Å². The van der Waals surface area contributed by atoms with Crippen molar-refractivity contribution in [1.82, 2.24) is 15.5 Å². The van der Waals surface area contributed by atoms with Crippen LogP contribution in [0.25, 0.3) is 21.5 Å². The number of benzene rings is 2. The number of H-pyrrole nitrogens is 1. The zero-order valence-corrected chi connectivity index (χ0v) is 15.0. The molecule has 0 radical (unpaired) electrons. The molecule has 0 saturated carbocycles. The van der Waals surface area contributed by atoms with E-state index in [4.69, 9.17) is 11.6 Å². The highest BCUT2D eigenvalue weighted by molar-refractivity contribution is 7.14. The molecule has 2 N–H and O–H groups in total. The van der Waals surface area contributed by atoms with Crippen LogP contribution in [0.4, 0.5) is 4.39 Å². The Morgan fingerprint density at radius 3 is 2.92 bits per heavy atom. The van der Waals surface area contributed by atoms with Crippen molar-refractivity contribution in [3.05, 3.63) is 75.9 Å². The molecule has 26 heavy (non-hydrogen) atoms. The molecule has 0 aliphatic rings. The van der Waals surface area contributed by atoms with Gasteiger partial charge in [0.2, 0.25) is 0 Å². The fraction of sp³-hybridized carbons (Fsp3) is 0.0526. The molecule has 0 saturated heterocycles. The number of halogens is 2. The summed E-state index contributed by atoms with van der Waals surface area (Å²) in [5.74, 6) is -0.724. The van der Waals surface area contributed by atoms with Gasteiger partial charge in [0.25, 0.3) is 5.91 Å². The summed E-state index contributed by atoms with van der Waals surface area (Å²) in [6, 6.07) is 14.0. The van der Waals surface area contributed by atoms with E-state index in [1.54, 1.807) is 17.5 Å². The molecule has 0 aliphatic carbocycles. The molecule has 0 bridgehead atoms. The average molecular weight is 386 g/mol. The van der Waals surface area contributed by atoms with Crippen molar-refractivity contribution in [2.45, 2.75) is 6.54 Å². The first-order valence-electron chi connectivity index (χ1n) is 7.86. The zero-order chi connectivity index (χ0) is 18.1. The Labute approximate surface area is 157 Å². The summed E-state index contributed by atoms with van der Waals surface area (Å²) >= 11 is 7.42. The number of fused-ring (bicyclic) bond motifs is 1.